The standard InChI is InChI=1S/C21H19N3O4S/c1-14-15(2)23-28-21(14)24(3)29(25,26)19-7-5-4-6-18(19)16-8-10-17(11-9-16)20-22-12-13-27-20/h4-13H,1-3H3. The second-order valence-electron chi connectivity index (χ2n) is 6.58. The van der Waals surface area contributed by atoms with Crippen LogP contribution in [0, 0.1) is 13.8 Å². The van der Waals surface area contributed by atoms with Crippen molar-refractivity contribution in [3.05, 3.63) is 72.2 Å². The lowest BCUT2D eigenvalue weighted by Crippen LogP contribution is -2.27. The molecule has 0 saturated carbocycles. The summed E-state index contributed by atoms with van der Waals surface area (Å²) in [7, 11) is -2.40. The van der Waals surface area contributed by atoms with E-state index >= 15 is 0 Å². The zero-order valence-corrected chi connectivity index (χ0v) is 17.0. The van der Waals surface area contributed by atoms with E-state index in [-0.39, 0.29) is 10.8 Å². The summed E-state index contributed by atoms with van der Waals surface area (Å²) in [4.78, 5) is 4.31. The number of oxazole rings is 1. The maximum atomic E-state index is 13.4. The summed E-state index contributed by atoms with van der Waals surface area (Å²) in [6.45, 7) is 3.55. The number of sulfonamides is 1. The van der Waals surface area contributed by atoms with Crippen LogP contribution < -0.4 is 4.31 Å². The van der Waals surface area contributed by atoms with E-state index in [2.05, 4.69) is 10.1 Å². The van der Waals surface area contributed by atoms with E-state index in [1.165, 1.54) is 13.3 Å². The normalized spacial score (nSPS) is 11.6. The van der Waals surface area contributed by atoms with Crippen LogP contribution in [0.5, 0.6) is 0 Å². The highest BCUT2D eigenvalue weighted by Gasteiger charge is 2.28. The highest BCUT2D eigenvalue weighted by Crippen LogP contribution is 2.33. The van der Waals surface area contributed by atoms with E-state index in [9.17, 15) is 8.42 Å². The molecule has 0 aliphatic rings. The van der Waals surface area contributed by atoms with Crippen molar-refractivity contribution < 1.29 is 17.4 Å². The first kappa shape index (κ1) is 18.9. The molecule has 0 atom stereocenters. The monoisotopic (exact) mass is 409 g/mol. The summed E-state index contributed by atoms with van der Waals surface area (Å²) in [5.74, 6) is 0.713. The van der Waals surface area contributed by atoms with Gasteiger partial charge in [0.25, 0.3) is 10.0 Å². The van der Waals surface area contributed by atoms with E-state index in [0.29, 0.717) is 22.7 Å². The molecule has 0 radical (unpaired) electrons. The smallest absolute Gasteiger partial charge is 0.267 e. The van der Waals surface area contributed by atoms with Crippen molar-refractivity contribution >= 4 is 15.9 Å². The van der Waals surface area contributed by atoms with Gasteiger partial charge in [-0.2, -0.15) is 0 Å². The molecular formula is C21H19N3O4S. The molecule has 0 N–H and O–H groups in total. The van der Waals surface area contributed by atoms with Crippen molar-refractivity contribution in [1.29, 1.82) is 0 Å². The van der Waals surface area contributed by atoms with Crippen molar-refractivity contribution in [2.24, 2.45) is 0 Å². The van der Waals surface area contributed by atoms with Gasteiger partial charge in [-0.05, 0) is 37.6 Å². The Morgan fingerprint density at radius 1 is 0.966 bits per heavy atom. The van der Waals surface area contributed by atoms with E-state index in [4.69, 9.17) is 8.94 Å². The molecule has 0 aliphatic heterocycles. The predicted octanol–water partition coefficient (Wildman–Crippen LogP) is 4.44. The van der Waals surface area contributed by atoms with Crippen LogP contribution in [0.15, 0.2) is 74.8 Å². The van der Waals surface area contributed by atoms with Crippen molar-refractivity contribution in [1.82, 2.24) is 10.1 Å². The fourth-order valence-corrected chi connectivity index (χ4v) is 4.44. The Hall–Kier alpha value is -3.39. The number of rotatable bonds is 5. The summed E-state index contributed by atoms with van der Waals surface area (Å²) >= 11 is 0. The Bertz CT molecular complexity index is 1240. The third-order valence-electron chi connectivity index (χ3n) is 4.82. The maximum absolute atomic E-state index is 13.4. The van der Waals surface area contributed by atoms with Gasteiger partial charge in [0, 0.05) is 23.7 Å². The van der Waals surface area contributed by atoms with Crippen molar-refractivity contribution in [2.45, 2.75) is 18.7 Å². The quantitative estimate of drug-likeness (QED) is 0.484. The molecule has 0 bridgehead atoms. The lowest BCUT2D eigenvalue weighted by molar-refractivity contribution is 0.422. The molecule has 2 aromatic heterocycles. The van der Waals surface area contributed by atoms with Crippen molar-refractivity contribution in [2.75, 3.05) is 11.4 Å². The third kappa shape index (κ3) is 3.31. The van der Waals surface area contributed by atoms with Crippen LogP contribution in [0.4, 0.5) is 5.88 Å². The largest absolute Gasteiger partial charge is 0.445 e. The average molecular weight is 409 g/mol. The molecule has 4 rings (SSSR count). The molecule has 4 aromatic rings. The number of benzene rings is 2. The van der Waals surface area contributed by atoms with E-state index in [1.807, 2.05) is 24.3 Å². The topological polar surface area (TPSA) is 89.4 Å². The number of aryl methyl sites for hydroxylation is 1. The second-order valence-corrected chi connectivity index (χ2v) is 8.52. The van der Waals surface area contributed by atoms with Gasteiger partial charge >= 0.3 is 0 Å². The van der Waals surface area contributed by atoms with Gasteiger partial charge in [0.2, 0.25) is 11.8 Å². The van der Waals surface area contributed by atoms with E-state index in [1.54, 1.807) is 44.3 Å². The number of anilines is 1. The molecule has 148 valence electrons. The van der Waals surface area contributed by atoms with Crippen LogP contribution in [-0.4, -0.2) is 25.6 Å². The van der Waals surface area contributed by atoms with Gasteiger partial charge in [0.15, 0.2) is 0 Å². The average Bonchev–Trinajstić information content (AvgIpc) is 3.38. The van der Waals surface area contributed by atoms with Crippen molar-refractivity contribution in [3.63, 3.8) is 0 Å². The Labute approximate surface area is 168 Å². The lowest BCUT2D eigenvalue weighted by atomic mass is 10.0. The van der Waals surface area contributed by atoms with Crippen LogP contribution in [0.3, 0.4) is 0 Å². The summed E-state index contributed by atoms with van der Waals surface area (Å²) in [5.41, 5.74) is 3.50. The zero-order valence-electron chi connectivity index (χ0n) is 16.2. The number of hydrogen-bond donors (Lipinski definition) is 0. The van der Waals surface area contributed by atoms with Gasteiger partial charge in [0.1, 0.15) is 6.26 Å². The molecule has 29 heavy (non-hydrogen) atoms. The lowest BCUT2D eigenvalue weighted by Gasteiger charge is -2.19. The number of aromatic nitrogens is 2. The van der Waals surface area contributed by atoms with Crippen LogP contribution in [0.25, 0.3) is 22.6 Å². The number of hydrogen-bond acceptors (Lipinski definition) is 6. The van der Waals surface area contributed by atoms with Gasteiger partial charge < -0.3 is 8.94 Å². The summed E-state index contributed by atoms with van der Waals surface area (Å²) in [6, 6.07) is 14.2. The fourth-order valence-electron chi connectivity index (χ4n) is 3.04. The van der Waals surface area contributed by atoms with Gasteiger partial charge in [-0.25, -0.2) is 17.7 Å². The van der Waals surface area contributed by atoms with Crippen molar-refractivity contribution in [3.8, 4) is 22.6 Å². The SMILES string of the molecule is Cc1noc(N(C)S(=O)(=O)c2ccccc2-c2ccc(-c3ncco3)cc2)c1C. The molecule has 2 aromatic carbocycles. The first-order valence-corrected chi connectivity index (χ1v) is 10.3. The third-order valence-corrected chi connectivity index (χ3v) is 6.62. The fraction of sp³-hybridized carbons (Fsp3) is 0.143. The van der Waals surface area contributed by atoms with E-state index in [0.717, 1.165) is 15.4 Å². The first-order valence-electron chi connectivity index (χ1n) is 8.90. The first-order chi connectivity index (χ1) is 13.9. The maximum Gasteiger partial charge on any atom is 0.267 e. The summed E-state index contributed by atoms with van der Waals surface area (Å²) in [6.07, 6.45) is 3.09. The molecule has 0 amide bonds. The Balaban J connectivity index is 1.76. The van der Waals surface area contributed by atoms with Crippen LogP contribution >= 0.6 is 0 Å². The highest BCUT2D eigenvalue weighted by atomic mass is 32.2. The molecule has 7 nitrogen and oxygen atoms in total. The minimum absolute atomic E-state index is 0.180. The summed E-state index contributed by atoms with van der Waals surface area (Å²) < 4.78 is 38.4. The summed E-state index contributed by atoms with van der Waals surface area (Å²) in [5, 5.41) is 3.86. The van der Waals surface area contributed by atoms with Crippen LogP contribution in [0.2, 0.25) is 0 Å². The molecule has 0 saturated heterocycles. The van der Waals surface area contributed by atoms with Crippen LogP contribution in [0.1, 0.15) is 11.3 Å². The van der Waals surface area contributed by atoms with Gasteiger partial charge in [-0.15, -0.1) is 0 Å². The minimum atomic E-state index is -3.86. The molecule has 0 aliphatic carbocycles. The predicted molar refractivity (Wildman–Crippen MR) is 109 cm³/mol. The molecular weight excluding hydrogens is 390 g/mol. The number of nitrogens with zero attached hydrogens (tertiary/aromatic N) is 3. The second kappa shape index (κ2) is 7.21. The zero-order chi connectivity index (χ0) is 20.6. The minimum Gasteiger partial charge on any atom is -0.445 e. The van der Waals surface area contributed by atoms with E-state index < -0.39 is 10.0 Å². The van der Waals surface area contributed by atoms with Gasteiger partial charge in [-0.3, -0.25) is 0 Å². The van der Waals surface area contributed by atoms with Gasteiger partial charge in [-0.1, -0.05) is 35.5 Å². The molecule has 0 fully saturated rings. The molecule has 0 unspecified atom stereocenters. The van der Waals surface area contributed by atoms with Crippen LogP contribution in [-0.2, 0) is 10.0 Å². The molecule has 0 spiro atoms. The highest BCUT2D eigenvalue weighted by molar-refractivity contribution is 7.93. The Kier molecular flexibility index (Phi) is 4.71. The Morgan fingerprint density at radius 2 is 1.66 bits per heavy atom. The molecule has 2 heterocycles. The Morgan fingerprint density at radius 3 is 2.28 bits per heavy atom. The van der Waals surface area contributed by atoms with Gasteiger partial charge in [0.05, 0.1) is 16.8 Å². The molecule has 8 heteroatoms.